The molecule has 0 radical (unpaired) electrons. The molecule has 1 saturated carbocycles. The first-order valence-corrected chi connectivity index (χ1v) is 10.8. The molecule has 2 aliphatic rings. The van der Waals surface area contributed by atoms with Crippen LogP contribution in [0.2, 0.25) is 5.02 Å². The van der Waals surface area contributed by atoms with Gasteiger partial charge in [-0.25, -0.2) is 0 Å². The van der Waals surface area contributed by atoms with Crippen molar-refractivity contribution >= 4 is 28.8 Å². The maximum atomic E-state index is 13.3. The number of carbonyl (C=O) groups excluding carboxylic acids is 1. The lowest BCUT2D eigenvalue weighted by molar-refractivity contribution is -0.142. The van der Waals surface area contributed by atoms with Crippen molar-refractivity contribution < 1.29 is 9.32 Å². The SMILES string of the molecule is O=C(N1CC(c2nc(-c3cccc(Cl)c3)no2)C1)C1(c2cccs2)CCCC1. The third-order valence-corrected chi connectivity index (χ3v) is 7.21. The number of carbonyl (C=O) groups is 1. The fourth-order valence-corrected chi connectivity index (χ4v) is 5.51. The lowest BCUT2D eigenvalue weighted by Gasteiger charge is -2.42. The fraction of sp³-hybridized carbons (Fsp3) is 0.381. The predicted molar refractivity (Wildman–Crippen MR) is 109 cm³/mol. The Morgan fingerprint density at radius 3 is 2.75 bits per heavy atom. The minimum absolute atomic E-state index is 0.103. The summed E-state index contributed by atoms with van der Waals surface area (Å²) in [4.78, 5) is 21.0. The summed E-state index contributed by atoms with van der Waals surface area (Å²) in [5, 5.41) is 6.79. The summed E-state index contributed by atoms with van der Waals surface area (Å²) in [6.07, 6.45) is 4.14. The van der Waals surface area contributed by atoms with Gasteiger partial charge in [0, 0.05) is 28.6 Å². The van der Waals surface area contributed by atoms with Crippen molar-refractivity contribution in [1.82, 2.24) is 15.0 Å². The maximum absolute atomic E-state index is 13.3. The van der Waals surface area contributed by atoms with Gasteiger partial charge in [0.15, 0.2) is 0 Å². The van der Waals surface area contributed by atoms with Crippen molar-refractivity contribution in [1.29, 1.82) is 0 Å². The zero-order valence-electron chi connectivity index (χ0n) is 15.3. The van der Waals surface area contributed by atoms with E-state index in [4.69, 9.17) is 16.1 Å². The van der Waals surface area contributed by atoms with Crippen molar-refractivity contribution in [2.75, 3.05) is 13.1 Å². The van der Waals surface area contributed by atoms with Crippen molar-refractivity contribution in [3.05, 3.63) is 57.6 Å². The highest BCUT2D eigenvalue weighted by molar-refractivity contribution is 7.10. The zero-order chi connectivity index (χ0) is 19.1. The van der Waals surface area contributed by atoms with Gasteiger partial charge >= 0.3 is 0 Å². The molecule has 144 valence electrons. The second-order valence-corrected chi connectivity index (χ2v) is 9.02. The van der Waals surface area contributed by atoms with E-state index in [-0.39, 0.29) is 17.2 Å². The number of rotatable bonds is 4. The highest BCUT2D eigenvalue weighted by atomic mass is 35.5. The van der Waals surface area contributed by atoms with E-state index in [1.165, 1.54) is 4.88 Å². The van der Waals surface area contributed by atoms with E-state index < -0.39 is 0 Å². The highest BCUT2D eigenvalue weighted by Crippen LogP contribution is 2.46. The molecule has 1 amide bonds. The Morgan fingerprint density at radius 1 is 1.21 bits per heavy atom. The molecule has 0 bridgehead atoms. The molecule has 0 N–H and O–H groups in total. The van der Waals surface area contributed by atoms with Gasteiger partial charge < -0.3 is 9.42 Å². The van der Waals surface area contributed by atoms with Crippen LogP contribution in [-0.2, 0) is 10.2 Å². The smallest absolute Gasteiger partial charge is 0.234 e. The molecule has 5 nitrogen and oxygen atoms in total. The number of likely N-dealkylation sites (tertiary alicyclic amines) is 1. The topological polar surface area (TPSA) is 59.2 Å². The first kappa shape index (κ1) is 17.9. The summed E-state index contributed by atoms with van der Waals surface area (Å²) in [6.45, 7) is 1.28. The number of benzene rings is 1. The average Bonchev–Trinajstić information content (AvgIpc) is 3.41. The summed E-state index contributed by atoms with van der Waals surface area (Å²) in [7, 11) is 0. The molecule has 0 spiro atoms. The molecule has 1 saturated heterocycles. The van der Waals surface area contributed by atoms with Gasteiger partial charge in [-0.15, -0.1) is 11.3 Å². The third-order valence-electron chi connectivity index (χ3n) is 5.90. The van der Waals surface area contributed by atoms with E-state index in [0.29, 0.717) is 29.8 Å². The van der Waals surface area contributed by atoms with E-state index in [2.05, 4.69) is 21.6 Å². The van der Waals surface area contributed by atoms with Crippen LogP contribution < -0.4 is 0 Å². The van der Waals surface area contributed by atoms with Gasteiger partial charge in [-0.1, -0.05) is 47.8 Å². The molecule has 3 aromatic rings. The van der Waals surface area contributed by atoms with Crippen molar-refractivity contribution in [2.45, 2.75) is 37.0 Å². The number of hydrogen-bond acceptors (Lipinski definition) is 5. The first-order chi connectivity index (χ1) is 13.7. The molecule has 3 heterocycles. The van der Waals surface area contributed by atoms with Crippen molar-refractivity contribution in [3.63, 3.8) is 0 Å². The summed E-state index contributed by atoms with van der Waals surface area (Å²) in [5.41, 5.74) is 0.511. The van der Waals surface area contributed by atoms with E-state index in [1.807, 2.05) is 35.2 Å². The number of aromatic nitrogens is 2. The molecule has 2 aromatic heterocycles. The molecule has 7 heteroatoms. The Kier molecular flexibility index (Phi) is 4.48. The normalized spacial score (nSPS) is 19.0. The highest BCUT2D eigenvalue weighted by Gasteiger charge is 2.49. The molecule has 1 aliphatic carbocycles. The largest absolute Gasteiger partial charge is 0.340 e. The van der Waals surface area contributed by atoms with Gasteiger partial charge in [0.05, 0.1) is 11.3 Å². The number of hydrogen-bond donors (Lipinski definition) is 0. The Labute approximate surface area is 172 Å². The van der Waals surface area contributed by atoms with Crippen molar-refractivity contribution in [2.24, 2.45) is 0 Å². The number of amides is 1. The molecular weight excluding hydrogens is 394 g/mol. The van der Waals surface area contributed by atoms with Gasteiger partial charge in [-0.3, -0.25) is 4.79 Å². The Hall–Kier alpha value is -2.18. The van der Waals surface area contributed by atoms with Gasteiger partial charge in [-0.2, -0.15) is 4.98 Å². The summed E-state index contributed by atoms with van der Waals surface area (Å²) in [6, 6.07) is 11.6. The molecule has 0 unspecified atom stereocenters. The van der Waals surface area contributed by atoms with E-state index in [0.717, 1.165) is 31.2 Å². The van der Waals surface area contributed by atoms with Crippen LogP contribution in [0.4, 0.5) is 0 Å². The molecule has 28 heavy (non-hydrogen) atoms. The lowest BCUT2D eigenvalue weighted by atomic mass is 9.81. The molecule has 0 atom stereocenters. The van der Waals surface area contributed by atoms with Crippen LogP contribution in [-0.4, -0.2) is 34.0 Å². The van der Waals surface area contributed by atoms with Gasteiger partial charge in [0.25, 0.3) is 0 Å². The van der Waals surface area contributed by atoms with Crippen LogP contribution in [0.1, 0.15) is 42.4 Å². The lowest BCUT2D eigenvalue weighted by Crippen LogP contribution is -2.55. The summed E-state index contributed by atoms with van der Waals surface area (Å²) >= 11 is 7.74. The standard InChI is InChI=1S/C21H20ClN3O2S/c22-16-6-3-5-14(11-16)18-23-19(27-24-18)15-12-25(13-15)20(26)21(8-1-2-9-21)17-7-4-10-28-17/h3-7,10-11,15H,1-2,8-9,12-13H2. The molecular formula is C21H20ClN3O2S. The van der Waals surface area contributed by atoms with Gasteiger partial charge in [-0.05, 0) is 36.4 Å². The Bertz CT molecular complexity index is 989. The molecule has 1 aromatic carbocycles. The van der Waals surface area contributed by atoms with Crippen LogP contribution in [0.25, 0.3) is 11.4 Å². The minimum Gasteiger partial charge on any atom is -0.340 e. The predicted octanol–water partition coefficient (Wildman–Crippen LogP) is 4.89. The van der Waals surface area contributed by atoms with E-state index in [9.17, 15) is 4.79 Å². The van der Waals surface area contributed by atoms with E-state index in [1.54, 1.807) is 11.3 Å². The van der Waals surface area contributed by atoms with Crippen LogP contribution in [0.3, 0.4) is 0 Å². The maximum Gasteiger partial charge on any atom is 0.234 e. The van der Waals surface area contributed by atoms with Crippen LogP contribution in [0, 0.1) is 0 Å². The average molecular weight is 414 g/mol. The Balaban J connectivity index is 1.29. The second kappa shape index (κ2) is 7.01. The number of halogens is 1. The van der Waals surface area contributed by atoms with Crippen molar-refractivity contribution in [3.8, 4) is 11.4 Å². The summed E-state index contributed by atoms with van der Waals surface area (Å²) < 4.78 is 5.47. The number of nitrogens with zero attached hydrogens (tertiary/aromatic N) is 3. The minimum atomic E-state index is -0.320. The Morgan fingerprint density at radius 2 is 2.04 bits per heavy atom. The van der Waals surface area contributed by atoms with Crippen LogP contribution in [0.15, 0.2) is 46.3 Å². The first-order valence-electron chi connectivity index (χ1n) is 9.59. The van der Waals surface area contributed by atoms with Gasteiger partial charge in [0.2, 0.25) is 17.6 Å². The van der Waals surface area contributed by atoms with Crippen LogP contribution in [0.5, 0.6) is 0 Å². The zero-order valence-corrected chi connectivity index (χ0v) is 16.9. The molecule has 1 aliphatic heterocycles. The van der Waals surface area contributed by atoms with E-state index >= 15 is 0 Å². The third kappa shape index (κ3) is 2.95. The van der Waals surface area contributed by atoms with Crippen LogP contribution >= 0.6 is 22.9 Å². The fourth-order valence-electron chi connectivity index (χ4n) is 4.34. The second-order valence-electron chi connectivity index (χ2n) is 7.64. The monoisotopic (exact) mass is 413 g/mol. The molecule has 5 rings (SSSR count). The molecule has 2 fully saturated rings. The number of thiophene rings is 1. The van der Waals surface area contributed by atoms with Gasteiger partial charge in [0.1, 0.15) is 0 Å². The quantitative estimate of drug-likeness (QED) is 0.611. The summed E-state index contributed by atoms with van der Waals surface area (Å²) in [5.74, 6) is 1.49.